The van der Waals surface area contributed by atoms with E-state index in [-0.39, 0.29) is 0 Å². The molecule has 1 atom stereocenters. The largest absolute Gasteiger partial charge is 0.326 e. The van der Waals surface area contributed by atoms with Crippen LogP contribution in [0.15, 0.2) is 24.3 Å². The maximum atomic E-state index is 4.79. The molecule has 1 aliphatic heterocycles. The second-order valence-electron chi connectivity index (χ2n) is 5.52. The standard InChI is InChI=1S/C15H21N3/c1-11(2)15-17-13-7-3-4-8-14(13)18(15)10-12-6-5-9-16-12/h3-4,7-8,11-12,16H,5-6,9-10H2,1-2H3/t12-/m1/s1. The quantitative estimate of drug-likeness (QED) is 0.898. The average Bonchev–Trinajstić information content (AvgIpc) is 2.98. The Morgan fingerprint density at radius 1 is 1.39 bits per heavy atom. The third-order valence-electron chi connectivity index (χ3n) is 3.77. The first-order chi connectivity index (χ1) is 8.75. The molecule has 0 aliphatic carbocycles. The highest BCUT2D eigenvalue weighted by Gasteiger charge is 2.19. The molecular weight excluding hydrogens is 222 g/mol. The van der Waals surface area contributed by atoms with Crippen LogP contribution < -0.4 is 5.32 Å². The monoisotopic (exact) mass is 243 g/mol. The first kappa shape index (κ1) is 11.7. The molecule has 1 aliphatic rings. The van der Waals surface area contributed by atoms with Gasteiger partial charge in [-0.25, -0.2) is 4.98 Å². The van der Waals surface area contributed by atoms with E-state index in [1.807, 2.05) is 0 Å². The molecule has 1 saturated heterocycles. The molecule has 0 spiro atoms. The smallest absolute Gasteiger partial charge is 0.112 e. The van der Waals surface area contributed by atoms with Crippen molar-refractivity contribution < 1.29 is 0 Å². The Balaban J connectivity index is 2.03. The van der Waals surface area contributed by atoms with E-state index in [2.05, 4.69) is 48.0 Å². The molecule has 3 heteroatoms. The Morgan fingerprint density at radius 2 is 2.22 bits per heavy atom. The number of benzene rings is 1. The van der Waals surface area contributed by atoms with Gasteiger partial charge in [0.15, 0.2) is 0 Å². The van der Waals surface area contributed by atoms with E-state index in [1.165, 1.54) is 24.2 Å². The van der Waals surface area contributed by atoms with Gasteiger partial charge in [0.05, 0.1) is 11.0 Å². The lowest BCUT2D eigenvalue weighted by atomic mass is 10.2. The zero-order valence-electron chi connectivity index (χ0n) is 11.2. The van der Waals surface area contributed by atoms with Crippen molar-refractivity contribution in [1.29, 1.82) is 0 Å². The van der Waals surface area contributed by atoms with Gasteiger partial charge in [-0.2, -0.15) is 0 Å². The second-order valence-corrected chi connectivity index (χ2v) is 5.52. The molecule has 1 fully saturated rings. The molecule has 1 aromatic heterocycles. The highest BCUT2D eigenvalue weighted by atomic mass is 15.1. The molecule has 2 aromatic rings. The molecule has 0 bridgehead atoms. The zero-order chi connectivity index (χ0) is 12.5. The van der Waals surface area contributed by atoms with Crippen molar-refractivity contribution in [3.05, 3.63) is 30.1 Å². The molecule has 18 heavy (non-hydrogen) atoms. The Bertz CT molecular complexity index is 536. The molecule has 3 rings (SSSR count). The number of fused-ring (bicyclic) bond motifs is 1. The van der Waals surface area contributed by atoms with Gasteiger partial charge < -0.3 is 9.88 Å². The van der Waals surface area contributed by atoms with E-state index < -0.39 is 0 Å². The minimum absolute atomic E-state index is 0.471. The van der Waals surface area contributed by atoms with Crippen LogP contribution in [0.2, 0.25) is 0 Å². The fraction of sp³-hybridized carbons (Fsp3) is 0.533. The van der Waals surface area contributed by atoms with Gasteiger partial charge in [0, 0.05) is 18.5 Å². The maximum absolute atomic E-state index is 4.79. The predicted molar refractivity (Wildman–Crippen MR) is 74.8 cm³/mol. The van der Waals surface area contributed by atoms with Gasteiger partial charge in [-0.15, -0.1) is 0 Å². The van der Waals surface area contributed by atoms with Crippen molar-refractivity contribution >= 4 is 11.0 Å². The summed E-state index contributed by atoms with van der Waals surface area (Å²) in [6.45, 7) is 6.65. The number of nitrogens with zero attached hydrogens (tertiary/aromatic N) is 2. The maximum Gasteiger partial charge on any atom is 0.112 e. The molecule has 3 nitrogen and oxygen atoms in total. The lowest BCUT2D eigenvalue weighted by Crippen LogP contribution is -2.27. The fourth-order valence-corrected chi connectivity index (χ4v) is 2.86. The van der Waals surface area contributed by atoms with E-state index in [1.54, 1.807) is 0 Å². The molecule has 1 N–H and O–H groups in total. The summed E-state index contributed by atoms with van der Waals surface area (Å²) in [6.07, 6.45) is 2.58. The number of nitrogens with one attached hydrogen (secondary N) is 1. The predicted octanol–water partition coefficient (Wildman–Crippen LogP) is 2.91. The first-order valence-corrected chi connectivity index (χ1v) is 6.94. The Labute approximate surface area is 108 Å². The van der Waals surface area contributed by atoms with Gasteiger partial charge in [0.1, 0.15) is 5.82 Å². The van der Waals surface area contributed by atoms with Crippen molar-refractivity contribution in [1.82, 2.24) is 14.9 Å². The molecule has 0 saturated carbocycles. The molecular formula is C15H21N3. The zero-order valence-corrected chi connectivity index (χ0v) is 11.2. The van der Waals surface area contributed by atoms with E-state index in [0.29, 0.717) is 12.0 Å². The Morgan fingerprint density at radius 3 is 2.94 bits per heavy atom. The number of hydrogen-bond acceptors (Lipinski definition) is 2. The van der Waals surface area contributed by atoms with Gasteiger partial charge in [-0.05, 0) is 31.5 Å². The van der Waals surface area contributed by atoms with Crippen LogP contribution in [-0.4, -0.2) is 22.1 Å². The minimum Gasteiger partial charge on any atom is -0.326 e. The number of rotatable bonds is 3. The lowest BCUT2D eigenvalue weighted by Gasteiger charge is -2.16. The van der Waals surface area contributed by atoms with Gasteiger partial charge in [-0.1, -0.05) is 26.0 Å². The molecule has 2 heterocycles. The van der Waals surface area contributed by atoms with Gasteiger partial charge in [0.2, 0.25) is 0 Å². The summed E-state index contributed by atoms with van der Waals surface area (Å²) >= 11 is 0. The summed E-state index contributed by atoms with van der Waals surface area (Å²) in [4.78, 5) is 4.79. The highest BCUT2D eigenvalue weighted by Crippen LogP contribution is 2.23. The number of para-hydroxylation sites is 2. The van der Waals surface area contributed by atoms with E-state index in [4.69, 9.17) is 4.98 Å². The van der Waals surface area contributed by atoms with Crippen molar-refractivity contribution in [2.24, 2.45) is 0 Å². The SMILES string of the molecule is CC(C)c1nc2ccccc2n1C[C@H]1CCCN1. The molecule has 1 aromatic carbocycles. The van der Waals surface area contributed by atoms with Crippen LogP contribution in [-0.2, 0) is 6.54 Å². The van der Waals surface area contributed by atoms with Crippen LogP contribution >= 0.6 is 0 Å². The first-order valence-electron chi connectivity index (χ1n) is 6.94. The second kappa shape index (κ2) is 4.73. The number of imidazole rings is 1. The summed E-state index contributed by atoms with van der Waals surface area (Å²) in [5.41, 5.74) is 2.40. The van der Waals surface area contributed by atoms with Gasteiger partial charge >= 0.3 is 0 Å². The normalized spacial score (nSPS) is 20.1. The third-order valence-corrected chi connectivity index (χ3v) is 3.77. The molecule has 96 valence electrons. The Kier molecular flexibility index (Phi) is 3.08. The molecule has 0 radical (unpaired) electrons. The van der Waals surface area contributed by atoms with Crippen LogP contribution in [0, 0.1) is 0 Å². The van der Waals surface area contributed by atoms with Crippen molar-refractivity contribution in [3.63, 3.8) is 0 Å². The Hall–Kier alpha value is -1.35. The van der Waals surface area contributed by atoms with Gasteiger partial charge in [-0.3, -0.25) is 0 Å². The summed E-state index contributed by atoms with van der Waals surface area (Å²) in [7, 11) is 0. The summed E-state index contributed by atoms with van der Waals surface area (Å²) in [6, 6.07) is 9.08. The average molecular weight is 243 g/mol. The molecule has 0 unspecified atom stereocenters. The van der Waals surface area contributed by atoms with Crippen molar-refractivity contribution in [2.75, 3.05) is 6.54 Å². The van der Waals surface area contributed by atoms with Crippen LogP contribution in [0.1, 0.15) is 38.4 Å². The van der Waals surface area contributed by atoms with E-state index in [0.717, 1.165) is 18.6 Å². The number of hydrogen-bond donors (Lipinski definition) is 1. The summed E-state index contributed by atoms with van der Waals surface area (Å²) < 4.78 is 2.41. The van der Waals surface area contributed by atoms with Gasteiger partial charge in [0.25, 0.3) is 0 Å². The van der Waals surface area contributed by atoms with Crippen LogP contribution in [0.5, 0.6) is 0 Å². The summed E-state index contributed by atoms with van der Waals surface area (Å²) in [5, 5.41) is 3.58. The minimum atomic E-state index is 0.471. The van der Waals surface area contributed by atoms with E-state index in [9.17, 15) is 0 Å². The number of aromatic nitrogens is 2. The summed E-state index contributed by atoms with van der Waals surface area (Å²) in [5.74, 6) is 1.68. The topological polar surface area (TPSA) is 29.9 Å². The lowest BCUT2D eigenvalue weighted by molar-refractivity contribution is 0.497. The fourth-order valence-electron chi connectivity index (χ4n) is 2.86. The third kappa shape index (κ3) is 2.03. The van der Waals surface area contributed by atoms with Crippen LogP contribution in [0.25, 0.3) is 11.0 Å². The van der Waals surface area contributed by atoms with Crippen LogP contribution in [0.4, 0.5) is 0 Å². The van der Waals surface area contributed by atoms with Crippen LogP contribution in [0.3, 0.4) is 0 Å². The molecule has 0 amide bonds. The van der Waals surface area contributed by atoms with E-state index >= 15 is 0 Å². The van der Waals surface area contributed by atoms with Crippen molar-refractivity contribution in [2.45, 2.75) is 45.2 Å². The highest BCUT2D eigenvalue weighted by molar-refractivity contribution is 5.76. The van der Waals surface area contributed by atoms with Crippen molar-refractivity contribution in [3.8, 4) is 0 Å².